The molecule has 4 heteroatoms. The van der Waals surface area contributed by atoms with Gasteiger partial charge in [-0.3, -0.25) is 4.90 Å². The van der Waals surface area contributed by atoms with Crippen molar-refractivity contribution in [3.63, 3.8) is 0 Å². The fourth-order valence-electron chi connectivity index (χ4n) is 3.17. The van der Waals surface area contributed by atoms with Gasteiger partial charge in [0.15, 0.2) is 0 Å². The van der Waals surface area contributed by atoms with Gasteiger partial charge in [0.05, 0.1) is 12.2 Å². The SMILES string of the molecule is CCOC(=O)C(c1ccccc1)N(C)CC1(O)CCCC1. The Bertz CT molecular complexity index is 454. The van der Waals surface area contributed by atoms with E-state index in [1.807, 2.05) is 49.2 Å². The average molecular weight is 291 g/mol. The lowest BCUT2D eigenvalue weighted by Crippen LogP contribution is -2.43. The highest BCUT2D eigenvalue weighted by atomic mass is 16.5. The number of carbonyl (C=O) groups excluding carboxylic acids is 1. The highest BCUT2D eigenvalue weighted by Crippen LogP contribution is 2.32. The Morgan fingerprint density at radius 2 is 1.95 bits per heavy atom. The van der Waals surface area contributed by atoms with E-state index in [0.717, 1.165) is 31.2 Å². The lowest BCUT2D eigenvalue weighted by molar-refractivity contribution is -0.150. The molecule has 1 N–H and O–H groups in total. The predicted octanol–water partition coefficient (Wildman–Crippen LogP) is 2.53. The van der Waals surface area contributed by atoms with E-state index in [1.54, 1.807) is 0 Å². The van der Waals surface area contributed by atoms with Crippen molar-refractivity contribution < 1.29 is 14.6 Å². The number of likely N-dealkylation sites (N-methyl/N-ethyl adjacent to an activating group) is 1. The lowest BCUT2D eigenvalue weighted by atomic mass is 9.99. The van der Waals surface area contributed by atoms with Crippen LogP contribution in [0.5, 0.6) is 0 Å². The second-order valence-electron chi connectivity index (χ2n) is 5.91. The van der Waals surface area contributed by atoms with Crippen LogP contribution < -0.4 is 0 Å². The third kappa shape index (κ3) is 4.05. The first-order chi connectivity index (χ1) is 10.1. The van der Waals surface area contributed by atoms with Gasteiger partial charge in [-0.1, -0.05) is 43.2 Å². The Morgan fingerprint density at radius 1 is 1.33 bits per heavy atom. The molecule has 1 aromatic rings. The summed E-state index contributed by atoms with van der Waals surface area (Å²) < 4.78 is 5.21. The third-order valence-corrected chi connectivity index (χ3v) is 4.14. The van der Waals surface area contributed by atoms with Gasteiger partial charge in [-0.2, -0.15) is 0 Å². The minimum Gasteiger partial charge on any atom is -0.465 e. The van der Waals surface area contributed by atoms with Crippen molar-refractivity contribution in [1.82, 2.24) is 4.90 Å². The molecule has 1 aliphatic rings. The highest BCUT2D eigenvalue weighted by molar-refractivity contribution is 5.77. The van der Waals surface area contributed by atoms with Crippen LogP contribution >= 0.6 is 0 Å². The number of nitrogens with zero attached hydrogens (tertiary/aromatic N) is 1. The van der Waals surface area contributed by atoms with Crippen molar-refractivity contribution in [2.75, 3.05) is 20.2 Å². The van der Waals surface area contributed by atoms with Crippen molar-refractivity contribution in [1.29, 1.82) is 0 Å². The van der Waals surface area contributed by atoms with Crippen molar-refractivity contribution in [3.8, 4) is 0 Å². The van der Waals surface area contributed by atoms with E-state index in [2.05, 4.69) is 0 Å². The molecule has 0 aliphatic heterocycles. The minimum atomic E-state index is -0.672. The van der Waals surface area contributed by atoms with Crippen LogP contribution in [0.15, 0.2) is 30.3 Å². The van der Waals surface area contributed by atoms with Gasteiger partial charge >= 0.3 is 5.97 Å². The smallest absolute Gasteiger partial charge is 0.327 e. The highest BCUT2D eigenvalue weighted by Gasteiger charge is 2.36. The van der Waals surface area contributed by atoms with E-state index in [1.165, 1.54) is 0 Å². The van der Waals surface area contributed by atoms with Crippen molar-refractivity contribution in [2.45, 2.75) is 44.2 Å². The van der Waals surface area contributed by atoms with Gasteiger partial charge in [-0.15, -0.1) is 0 Å². The molecular weight excluding hydrogens is 266 g/mol. The van der Waals surface area contributed by atoms with Crippen LogP contribution in [0, 0.1) is 0 Å². The summed E-state index contributed by atoms with van der Waals surface area (Å²) in [5.74, 6) is -0.257. The summed E-state index contributed by atoms with van der Waals surface area (Å²) in [6.07, 6.45) is 3.73. The molecule has 0 bridgehead atoms. The van der Waals surface area contributed by atoms with E-state index in [0.29, 0.717) is 13.2 Å². The number of esters is 1. The van der Waals surface area contributed by atoms with Crippen molar-refractivity contribution >= 4 is 5.97 Å². The number of hydrogen-bond acceptors (Lipinski definition) is 4. The normalized spacial score (nSPS) is 18.7. The lowest BCUT2D eigenvalue weighted by Gasteiger charge is -2.33. The van der Waals surface area contributed by atoms with Crippen LogP contribution in [0.4, 0.5) is 0 Å². The molecule has 2 rings (SSSR count). The Hall–Kier alpha value is -1.39. The van der Waals surface area contributed by atoms with Gasteiger partial charge in [-0.05, 0) is 32.4 Å². The molecule has 0 heterocycles. The molecule has 0 spiro atoms. The van der Waals surface area contributed by atoms with Gasteiger partial charge in [0.1, 0.15) is 6.04 Å². The molecule has 4 nitrogen and oxygen atoms in total. The summed E-state index contributed by atoms with van der Waals surface area (Å²) in [6, 6.07) is 9.15. The summed E-state index contributed by atoms with van der Waals surface area (Å²) in [7, 11) is 1.88. The summed E-state index contributed by atoms with van der Waals surface area (Å²) in [5, 5.41) is 10.6. The monoisotopic (exact) mass is 291 g/mol. The van der Waals surface area contributed by atoms with Gasteiger partial charge in [-0.25, -0.2) is 4.79 Å². The average Bonchev–Trinajstić information content (AvgIpc) is 2.86. The van der Waals surface area contributed by atoms with E-state index in [9.17, 15) is 9.90 Å². The number of hydrogen-bond donors (Lipinski definition) is 1. The van der Waals surface area contributed by atoms with Crippen LogP contribution in [0.2, 0.25) is 0 Å². The van der Waals surface area contributed by atoms with Gasteiger partial charge in [0, 0.05) is 6.54 Å². The molecule has 1 saturated carbocycles. The molecule has 1 unspecified atom stereocenters. The summed E-state index contributed by atoms with van der Waals surface area (Å²) in [6.45, 7) is 2.66. The molecule has 0 radical (unpaired) electrons. The summed E-state index contributed by atoms with van der Waals surface area (Å²) in [4.78, 5) is 14.2. The zero-order valence-corrected chi connectivity index (χ0v) is 12.9. The van der Waals surface area contributed by atoms with Crippen LogP contribution in [0.25, 0.3) is 0 Å². The summed E-state index contributed by atoms with van der Waals surface area (Å²) in [5.41, 5.74) is 0.230. The predicted molar refractivity (Wildman–Crippen MR) is 81.9 cm³/mol. The topological polar surface area (TPSA) is 49.8 Å². The number of carbonyl (C=O) groups is 1. The summed E-state index contributed by atoms with van der Waals surface area (Å²) >= 11 is 0. The zero-order chi connectivity index (χ0) is 15.3. The Balaban J connectivity index is 2.16. The largest absolute Gasteiger partial charge is 0.465 e. The molecule has 1 aliphatic carbocycles. The van der Waals surface area contributed by atoms with E-state index in [-0.39, 0.29) is 5.97 Å². The first kappa shape index (κ1) is 16.0. The molecule has 1 aromatic carbocycles. The van der Waals surface area contributed by atoms with Crippen LogP contribution in [0.3, 0.4) is 0 Å². The minimum absolute atomic E-state index is 0.257. The van der Waals surface area contributed by atoms with Crippen molar-refractivity contribution in [3.05, 3.63) is 35.9 Å². The van der Waals surface area contributed by atoms with E-state index >= 15 is 0 Å². The van der Waals surface area contributed by atoms with E-state index < -0.39 is 11.6 Å². The van der Waals surface area contributed by atoms with Crippen LogP contribution in [-0.4, -0.2) is 41.8 Å². The van der Waals surface area contributed by atoms with Crippen LogP contribution in [0.1, 0.15) is 44.2 Å². The maximum Gasteiger partial charge on any atom is 0.327 e. The fourth-order valence-corrected chi connectivity index (χ4v) is 3.17. The second-order valence-corrected chi connectivity index (χ2v) is 5.91. The van der Waals surface area contributed by atoms with Crippen molar-refractivity contribution in [2.24, 2.45) is 0 Å². The van der Waals surface area contributed by atoms with Crippen LogP contribution in [-0.2, 0) is 9.53 Å². The molecule has 1 fully saturated rings. The second kappa shape index (κ2) is 7.05. The number of aliphatic hydroxyl groups is 1. The quantitative estimate of drug-likeness (QED) is 0.818. The Kier molecular flexibility index (Phi) is 5.37. The molecule has 21 heavy (non-hydrogen) atoms. The molecule has 116 valence electrons. The third-order valence-electron chi connectivity index (χ3n) is 4.14. The Labute approximate surface area is 126 Å². The maximum atomic E-state index is 12.3. The first-order valence-corrected chi connectivity index (χ1v) is 7.70. The number of benzene rings is 1. The number of ether oxygens (including phenoxy) is 1. The van der Waals surface area contributed by atoms with E-state index in [4.69, 9.17) is 4.74 Å². The fraction of sp³-hybridized carbons (Fsp3) is 0.588. The maximum absolute atomic E-state index is 12.3. The van der Waals surface area contributed by atoms with Gasteiger partial charge in [0.2, 0.25) is 0 Å². The first-order valence-electron chi connectivity index (χ1n) is 7.70. The van der Waals surface area contributed by atoms with Gasteiger partial charge < -0.3 is 9.84 Å². The number of rotatable bonds is 6. The molecule has 0 amide bonds. The molecule has 0 saturated heterocycles. The Morgan fingerprint density at radius 3 is 2.52 bits per heavy atom. The standard InChI is InChI=1S/C17H25NO3/c1-3-21-16(19)15(14-9-5-4-6-10-14)18(2)13-17(20)11-7-8-12-17/h4-6,9-10,15,20H,3,7-8,11-13H2,1-2H3. The van der Waals surface area contributed by atoms with Gasteiger partial charge in [0.25, 0.3) is 0 Å². The zero-order valence-electron chi connectivity index (χ0n) is 12.9. The molecular formula is C17H25NO3. The molecule has 0 aromatic heterocycles. The molecule has 1 atom stereocenters.